The molecule has 94 valence electrons. The maximum Gasteiger partial charge on any atom is 0.408 e. The number of aliphatic hydroxyl groups is 1. The van der Waals surface area contributed by atoms with Crippen LogP contribution in [0.1, 0.15) is 34.1 Å². The molecular formula is C11H22N2O3. The first kappa shape index (κ1) is 13.3. The molecule has 1 saturated heterocycles. The van der Waals surface area contributed by atoms with Gasteiger partial charge in [0, 0.05) is 12.1 Å². The van der Waals surface area contributed by atoms with Crippen LogP contribution in [0.5, 0.6) is 0 Å². The first-order chi connectivity index (χ1) is 7.16. The zero-order valence-corrected chi connectivity index (χ0v) is 10.4. The number of β-amino-alcohol motifs (C(OH)–C–C–N with tert-alkyl or cyclic N) is 1. The average molecular weight is 230 g/mol. The Labute approximate surface area is 96.4 Å². The van der Waals surface area contributed by atoms with Crippen LogP contribution in [-0.4, -0.2) is 51.5 Å². The minimum atomic E-state index is -1.01. The predicted molar refractivity (Wildman–Crippen MR) is 61.5 cm³/mol. The number of hydrogen-bond donors (Lipinski definition) is 3. The van der Waals surface area contributed by atoms with Gasteiger partial charge in [0.1, 0.15) is 0 Å². The molecule has 0 radical (unpaired) electrons. The van der Waals surface area contributed by atoms with E-state index in [9.17, 15) is 15.0 Å². The van der Waals surface area contributed by atoms with Crippen LogP contribution in [0.3, 0.4) is 0 Å². The average Bonchev–Trinajstić information content (AvgIpc) is 2.05. The largest absolute Gasteiger partial charge is 0.465 e. The molecule has 0 aromatic carbocycles. The van der Waals surface area contributed by atoms with Crippen LogP contribution in [0.25, 0.3) is 0 Å². The summed E-state index contributed by atoms with van der Waals surface area (Å²) in [7, 11) is 0. The van der Waals surface area contributed by atoms with Crippen LogP contribution in [-0.2, 0) is 0 Å². The second-order valence-corrected chi connectivity index (χ2v) is 5.66. The molecule has 0 spiro atoms. The third-order valence-corrected chi connectivity index (χ3v) is 3.04. The zero-order chi connectivity index (χ0) is 12.6. The Morgan fingerprint density at radius 3 is 2.44 bits per heavy atom. The van der Waals surface area contributed by atoms with Crippen molar-refractivity contribution in [2.24, 2.45) is 0 Å². The first-order valence-electron chi connectivity index (χ1n) is 5.61. The number of rotatable bonds is 1. The molecule has 0 bridgehead atoms. The number of carboxylic acid groups (broad SMARTS) is 1. The normalized spacial score (nSPS) is 31.2. The van der Waals surface area contributed by atoms with Crippen LogP contribution >= 0.6 is 0 Å². The predicted octanol–water partition coefficient (Wildman–Crippen LogP) is 0.878. The van der Waals surface area contributed by atoms with E-state index in [1.807, 2.05) is 20.8 Å². The van der Waals surface area contributed by atoms with Gasteiger partial charge in [-0.05, 0) is 40.7 Å². The summed E-state index contributed by atoms with van der Waals surface area (Å²) in [5, 5.41) is 22.6. The van der Waals surface area contributed by atoms with E-state index in [4.69, 9.17) is 0 Å². The van der Waals surface area contributed by atoms with Gasteiger partial charge in [0.25, 0.3) is 0 Å². The molecule has 1 aliphatic rings. The minimum absolute atomic E-state index is 0.355. The van der Waals surface area contributed by atoms with E-state index < -0.39 is 17.2 Å². The van der Waals surface area contributed by atoms with Gasteiger partial charge in [-0.3, -0.25) is 4.90 Å². The number of piperidine rings is 1. The fraction of sp³-hybridized carbons (Fsp3) is 0.909. The highest BCUT2D eigenvalue weighted by molar-refractivity contribution is 5.66. The Morgan fingerprint density at radius 2 is 2.06 bits per heavy atom. The minimum Gasteiger partial charge on any atom is -0.465 e. The number of carbonyl (C=O) groups is 1. The lowest BCUT2D eigenvalue weighted by atomic mass is 9.86. The van der Waals surface area contributed by atoms with E-state index in [1.165, 1.54) is 4.90 Å². The van der Waals surface area contributed by atoms with Crippen molar-refractivity contribution in [3.8, 4) is 0 Å². The number of nitrogens with one attached hydrogen (secondary N) is 1. The van der Waals surface area contributed by atoms with E-state index in [0.29, 0.717) is 13.0 Å². The molecular weight excluding hydrogens is 208 g/mol. The van der Waals surface area contributed by atoms with E-state index in [-0.39, 0.29) is 6.04 Å². The summed E-state index contributed by atoms with van der Waals surface area (Å²) in [5.74, 6) is 0. The summed E-state index contributed by atoms with van der Waals surface area (Å²) in [6.07, 6.45) is -0.337. The molecule has 0 aliphatic carbocycles. The van der Waals surface area contributed by atoms with Crippen LogP contribution in [0.2, 0.25) is 0 Å². The Balaban J connectivity index is 2.98. The molecule has 16 heavy (non-hydrogen) atoms. The molecule has 1 fully saturated rings. The summed E-state index contributed by atoms with van der Waals surface area (Å²) in [6, 6.07) is -0.355. The lowest BCUT2D eigenvalue weighted by molar-refractivity contribution is -0.0667. The van der Waals surface area contributed by atoms with Crippen molar-refractivity contribution < 1.29 is 15.0 Å². The summed E-state index contributed by atoms with van der Waals surface area (Å²) >= 11 is 0. The van der Waals surface area contributed by atoms with Crippen molar-refractivity contribution in [3.05, 3.63) is 0 Å². The molecule has 0 unspecified atom stereocenters. The van der Waals surface area contributed by atoms with E-state index in [2.05, 4.69) is 5.32 Å². The van der Waals surface area contributed by atoms with Crippen molar-refractivity contribution in [2.45, 2.75) is 51.3 Å². The van der Waals surface area contributed by atoms with E-state index in [1.54, 1.807) is 6.92 Å². The van der Waals surface area contributed by atoms with E-state index in [0.717, 1.165) is 6.54 Å². The summed E-state index contributed by atoms with van der Waals surface area (Å²) in [4.78, 5) is 12.7. The van der Waals surface area contributed by atoms with Gasteiger partial charge in [0.15, 0.2) is 0 Å². The molecule has 0 aromatic rings. The van der Waals surface area contributed by atoms with Gasteiger partial charge in [-0.1, -0.05) is 0 Å². The van der Waals surface area contributed by atoms with Gasteiger partial charge in [0.05, 0.1) is 11.6 Å². The third kappa shape index (κ3) is 2.65. The molecule has 1 amide bonds. The molecule has 1 aliphatic heterocycles. The zero-order valence-electron chi connectivity index (χ0n) is 10.4. The Morgan fingerprint density at radius 1 is 1.50 bits per heavy atom. The summed E-state index contributed by atoms with van der Waals surface area (Å²) in [5.41, 5.74) is -1.51. The van der Waals surface area contributed by atoms with E-state index >= 15 is 0 Å². The summed E-state index contributed by atoms with van der Waals surface area (Å²) in [6.45, 7) is 8.39. The van der Waals surface area contributed by atoms with Crippen LogP contribution in [0, 0.1) is 0 Å². The second kappa shape index (κ2) is 4.22. The molecule has 2 atom stereocenters. The Hall–Kier alpha value is -0.810. The van der Waals surface area contributed by atoms with Crippen LogP contribution < -0.4 is 5.32 Å². The summed E-state index contributed by atoms with van der Waals surface area (Å²) < 4.78 is 0. The van der Waals surface area contributed by atoms with Crippen molar-refractivity contribution in [1.29, 1.82) is 0 Å². The van der Waals surface area contributed by atoms with Crippen molar-refractivity contribution in [3.63, 3.8) is 0 Å². The highest BCUT2D eigenvalue weighted by Gasteiger charge is 2.44. The fourth-order valence-corrected chi connectivity index (χ4v) is 2.30. The van der Waals surface area contributed by atoms with Gasteiger partial charge < -0.3 is 15.5 Å². The van der Waals surface area contributed by atoms with Gasteiger partial charge in [-0.2, -0.15) is 0 Å². The molecule has 0 aromatic heterocycles. The van der Waals surface area contributed by atoms with Crippen LogP contribution in [0.15, 0.2) is 0 Å². The van der Waals surface area contributed by atoms with Crippen molar-refractivity contribution >= 4 is 6.09 Å². The third-order valence-electron chi connectivity index (χ3n) is 3.04. The highest BCUT2D eigenvalue weighted by Crippen LogP contribution is 2.28. The molecule has 5 heteroatoms. The topological polar surface area (TPSA) is 72.8 Å². The molecule has 3 N–H and O–H groups in total. The first-order valence-corrected chi connectivity index (χ1v) is 5.61. The number of hydrogen-bond acceptors (Lipinski definition) is 3. The molecule has 0 saturated carbocycles. The number of nitrogens with zero attached hydrogens (tertiary/aromatic N) is 1. The second-order valence-electron chi connectivity index (χ2n) is 5.66. The maximum atomic E-state index is 11.3. The Bertz CT molecular complexity index is 271. The van der Waals surface area contributed by atoms with Crippen LogP contribution in [0.4, 0.5) is 4.79 Å². The van der Waals surface area contributed by atoms with Crippen molar-refractivity contribution in [2.75, 3.05) is 13.1 Å². The monoisotopic (exact) mass is 230 g/mol. The van der Waals surface area contributed by atoms with Gasteiger partial charge in [0.2, 0.25) is 0 Å². The lowest BCUT2D eigenvalue weighted by Gasteiger charge is -2.48. The SMILES string of the molecule is CC(C)(C)N(C(=O)O)[C@H]1CCNC[C@@]1(C)O. The lowest BCUT2D eigenvalue weighted by Crippen LogP contribution is -2.65. The maximum absolute atomic E-state index is 11.3. The number of amides is 1. The smallest absolute Gasteiger partial charge is 0.408 e. The van der Waals surface area contributed by atoms with Gasteiger partial charge in [-0.15, -0.1) is 0 Å². The fourth-order valence-electron chi connectivity index (χ4n) is 2.30. The Kier molecular flexibility index (Phi) is 3.50. The standard InChI is InChI=1S/C11H22N2O3/c1-10(2,3)13(9(14)15)8-5-6-12-7-11(8,4)16/h8,12,16H,5-7H2,1-4H3,(H,14,15)/t8-,11+/m0/s1. The molecule has 5 nitrogen and oxygen atoms in total. The quantitative estimate of drug-likeness (QED) is 0.625. The van der Waals surface area contributed by atoms with Gasteiger partial charge >= 0.3 is 6.09 Å². The van der Waals surface area contributed by atoms with Crippen molar-refractivity contribution in [1.82, 2.24) is 10.2 Å². The highest BCUT2D eigenvalue weighted by atomic mass is 16.4. The molecule has 1 rings (SSSR count). The molecule has 1 heterocycles. The van der Waals surface area contributed by atoms with Gasteiger partial charge in [-0.25, -0.2) is 4.79 Å².